The summed E-state index contributed by atoms with van der Waals surface area (Å²) in [6, 6.07) is 15.6. The molecule has 0 aromatic heterocycles. The maximum absolute atomic E-state index is 12.1. The number of aryl methyl sites for hydroxylation is 2. The van der Waals surface area contributed by atoms with Gasteiger partial charge in [0.05, 0.1) is 12.9 Å². The molecule has 2 aromatic carbocycles. The molecule has 0 heterocycles. The minimum Gasteiger partial charge on any atom is -0.496 e. The van der Waals surface area contributed by atoms with Crippen molar-refractivity contribution in [2.45, 2.75) is 26.3 Å². The molecule has 2 rings (SSSR count). The molecule has 0 atom stereocenters. The van der Waals surface area contributed by atoms with Gasteiger partial charge in [0.1, 0.15) is 5.75 Å². The van der Waals surface area contributed by atoms with Crippen molar-refractivity contribution in [1.29, 1.82) is 0 Å². The number of sulfonamides is 1. The minimum absolute atomic E-state index is 0.121. The normalized spacial score (nSPS) is 11.4. The zero-order valence-corrected chi connectivity index (χ0v) is 14.4. The lowest BCUT2D eigenvalue weighted by Gasteiger charge is -2.11. The van der Waals surface area contributed by atoms with Gasteiger partial charge in [0.2, 0.25) is 10.0 Å². The second kappa shape index (κ2) is 8.13. The van der Waals surface area contributed by atoms with Gasteiger partial charge in [-0.2, -0.15) is 0 Å². The highest BCUT2D eigenvalue weighted by atomic mass is 32.2. The lowest BCUT2D eigenvalue weighted by molar-refractivity contribution is 0.409. The highest BCUT2D eigenvalue weighted by Crippen LogP contribution is 2.19. The molecule has 124 valence electrons. The van der Waals surface area contributed by atoms with Crippen LogP contribution in [0.15, 0.2) is 48.5 Å². The first-order valence-electron chi connectivity index (χ1n) is 7.65. The van der Waals surface area contributed by atoms with Crippen LogP contribution in [0.4, 0.5) is 0 Å². The number of benzene rings is 2. The van der Waals surface area contributed by atoms with Crippen LogP contribution in [0.25, 0.3) is 0 Å². The quantitative estimate of drug-likeness (QED) is 0.808. The van der Waals surface area contributed by atoms with E-state index in [0.717, 1.165) is 23.1 Å². The first-order valence-corrected chi connectivity index (χ1v) is 9.30. The highest BCUT2D eigenvalue weighted by molar-refractivity contribution is 7.89. The van der Waals surface area contributed by atoms with Gasteiger partial charge >= 0.3 is 0 Å². The van der Waals surface area contributed by atoms with E-state index in [4.69, 9.17) is 4.74 Å². The second-order valence-electron chi connectivity index (χ2n) is 5.54. The van der Waals surface area contributed by atoms with Crippen LogP contribution in [0.2, 0.25) is 0 Å². The van der Waals surface area contributed by atoms with Crippen molar-refractivity contribution < 1.29 is 13.2 Å². The predicted molar refractivity (Wildman–Crippen MR) is 93.1 cm³/mol. The van der Waals surface area contributed by atoms with Crippen LogP contribution in [0, 0.1) is 6.92 Å². The van der Waals surface area contributed by atoms with Gasteiger partial charge in [-0.1, -0.05) is 48.0 Å². The third-order valence-corrected chi connectivity index (χ3v) is 5.05. The molecule has 0 saturated carbocycles. The van der Waals surface area contributed by atoms with Gasteiger partial charge in [0, 0.05) is 12.1 Å². The van der Waals surface area contributed by atoms with E-state index < -0.39 is 10.0 Å². The molecule has 2 aromatic rings. The van der Waals surface area contributed by atoms with Gasteiger partial charge in [-0.25, -0.2) is 13.1 Å². The fourth-order valence-corrected chi connectivity index (χ4v) is 3.46. The molecule has 0 aliphatic heterocycles. The number of hydrogen-bond donors (Lipinski definition) is 1. The van der Waals surface area contributed by atoms with Crippen molar-refractivity contribution in [1.82, 2.24) is 4.72 Å². The van der Waals surface area contributed by atoms with Crippen LogP contribution in [0.1, 0.15) is 23.1 Å². The van der Waals surface area contributed by atoms with E-state index in [-0.39, 0.29) is 12.3 Å². The summed E-state index contributed by atoms with van der Waals surface area (Å²) < 4.78 is 32.2. The number of rotatable bonds is 8. The average molecular weight is 333 g/mol. The topological polar surface area (TPSA) is 55.4 Å². The van der Waals surface area contributed by atoms with Crippen LogP contribution in [0.5, 0.6) is 5.75 Å². The van der Waals surface area contributed by atoms with E-state index in [2.05, 4.69) is 4.72 Å². The summed E-state index contributed by atoms with van der Waals surface area (Å²) in [7, 11) is -1.71. The van der Waals surface area contributed by atoms with Crippen LogP contribution in [-0.2, 0) is 23.0 Å². The molecule has 4 nitrogen and oxygen atoms in total. The summed E-state index contributed by atoms with van der Waals surface area (Å²) in [4.78, 5) is 0. The Hall–Kier alpha value is -1.85. The van der Waals surface area contributed by atoms with E-state index in [9.17, 15) is 8.42 Å². The molecule has 0 bridgehead atoms. The van der Waals surface area contributed by atoms with Gasteiger partial charge in [-0.3, -0.25) is 0 Å². The summed E-state index contributed by atoms with van der Waals surface area (Å²) in [6.07, 6.45) is 1.36. The van der Waals surface area contributed by atoms with Crippen molar-refractivity contribution in [3.05, 3.63) is 65.2 Å². The van der Waals surface area contributed by atoms with E-state index in [1.165, 1.54) is 0 Å². The fraction of sp³-hybridized carbons (Fsp3) is 0.333. The molecular weight excluding hydrogens is 310 g/mol. The summed E-state index contributed by atoms with van der Waals surface area (Å²) in [5.41, 5.74) is 3.08. The lowest BCUT2D eigenvalue weighted by Crippen LogP contribution is -2.26. The van der Waals surface area contributed by atoms with Crippen molar-refractivity contribution in [3.63, 3.8) is 0 Å². The van der Waals surface area contributed by atoms with Crippen LogP contribution in [0.3, 0.4) is 0 Å². The number of nitrogens with one attached hydrogen (secondary N) is 1. The number of hydrogen-bond acceptors (Lipinski definition) is 3. The molecule has 0 unspecified atom stereocenters. The lowest BCUT2D eigenvalue weighted by atomic mass is 10.1. The van der Waals surface area contributed by atoms with E-state index >= 15 is 0 Å². The molecular formula is C18H23NO3S. The molecule has 0 aliphatic carbocycles. The Morgan fingerprint density at radius 3 is 2.52 bits per heavy atom. The monoisotopic (exact) mass is 333 g/mol. The van der Waals surface area contributed by atoms with Crippen molar-refractivity contribution in [2.75, 3.05) is 12.9 Å². The Morgan fingerprint density at radius 1 is 1.09 bits per heavy atom. The molecule has 0 spiro atoms. The zero-order chi connectivity index (χ0) is 16.7. The van der Waals surface area contributed by atoms with Crippen molar-refractivity contribution in [2.24, 2.45) is 0 Å². The summed E-state index contributed by atoms with van der Waals surface area (Å²) >= 11 is 0. The Bertz CT molecular complexity index is 727. The molecule has 0 aliphatic rings. The van der Waals surface area contributed by atoms with Gasteiger partial charge in [-0.15, -0.1) is 0 Å². The Morgan fingerprint density at radius 2 is 1.83 bits per heavy atom. The fourth-order valence-electron chi connectivity index (χ4n) is 2.42. The molecule has 0 saturated heterocycles. The molecule has 1 N–H and O–H groups in total. The number of ether oxygens (including phenoxy) is 1. The number of methoxy groups -OCH3 is 1. The second-order valence-corrected chi connectivity index (χ2v) is 7.47. The molecule has 23 heavy (non-hydrogen) atoms. The maximum atomic E-state index is 12.1. The van der Waals surface area contributed by atoms with Crippen molar-refractivity contribution in [3.8, 4) is 5.75 Å². The Labute approximate surface area is 138 Å². The Kier molecular flexibility index (Phi) is 6.19. The van der Waals surface area contributed by atoms with Gasteiger partial charge in [0.15, 0.2) is 0 Å². The third kappa shape index (κ3) is 5.69. The zero-order valence-electron chi connectivity index (χ0n) is 13.6. The SMILES string of the molecule is COc1ccc(C)cc1CNS(=O)(=O)CCCc1ccccc1. The largest absolute Gasteiger partial charge is 0.496 e. The summed E-state index contributed by atoms with van der Waals surface area (Å²) in [5.74, 6) is 0.818. The molecule has 0 amide bonds. The summed E-state index contributed by atoms with van der Waals surface area (Å²) in [6.45, 7) is 2.22. The highest BCUT2D eigenvalue weighted by Gasteiger charge is 2.12. The standard InChI is InChI=1S/C18H23NO3S/c1-15-10-11-18(22-2)17(13-15)14-19-23(20,21)12-6-9-16-7-4-3-5-8-16/h3-5,7-8,10-11,13,19H,6,9,12,14H2,1-2H3. The van der Waals surface area contributed by atoms with E-state index in [1.807, 2.05) is 55.5 Å². The Balaban J connectivity index is 1.88. The summed E-state index contributed by atoms with van der Waals surface area (Å²) in [5, 5.41) is 0. The smallest absolute Gasteiger partial charge is 0.211 e. The van der Waals surface area contributed by atoms with E-state index in [1.54, 1.807) is 7.11 Å². The third-order valence-electron chi connectivity index (χ3n) is 3.64. The first-order chi connectivity index (χ1) is 11.0. The van der Waals surface area contributed by atoms with Gasteiger partial charge in [0.25, 0.3) is 0 Å². The van der Waals surface area contributed by atoms with Crippen molar-refractivity contribution >= 4 is 10.0 Å². The van der Waals surface area contributed by atoms with E-state index in [0.29, 0.717) is 12.2 Å². The van der Waals surface area contributed by atoms with Gasteiger partial charge < -0.3 is 4.74 Å². The molecule has 0 radical (unpaired) electrons. The van der Waals surface area contributed by atoms with Gasteiger partial charge in [-0.05, 0) is 31.4 Å². The van der Waals surface area contributed by atoms with Crippen LogP contribution < -0.4 is 9.46 Å². The average Bonchev–Trinajstić information content (AvgIpc) is 2.54. The van der Waals surface area contributed by atoms with Crippen LogP contribution >= 0.6 is 0 Å². The predicted octanol–water partition coefficient (Wildman–Crippen LogP) is 3.06. The molecule has 0 fully saturated rings. The maximum Gasteiger partial charge on any atom is 0.211 e. The van der Waals surface area contributed by atoms with Crippen LogP contribution in [-0.4, -0.2) is 21.3 Å². The molecule has 5 heteroatoms. The minimum atomic E-state index is -3.29. The first kappa shape index (κ1) is 17.5.